The molecule has 1 aliphatic carbocycles. The fourth-order valence-corrected chi connectivity index (χ4v) is 7.00. The number of likely N-dealkylation sites (N-methyl/N-ethyl adjacent to an activating group) is 1. The average Bonchev–Trinajstić information content (AvgIpc) is 3.38. The maximum atomic E-state index is 12.1. The van der Waals surface area contributed by atoms with Gasteiger partial charge in [-0.25, -0.2) is 4.98 Å². The Kier molecular flexibility index (Phi) is 6.34. The van der Waals surface area contributed by atoms with Crippen molar-refractivity contribution in [3.8, 4) is 0 Å². The van der Waals surface area contributed by atoms with Gasteiger partial charge < -0.3 is 19.7 Å². The van der Waals surface area contributed by atoms with Crippen molar-refractivity contribution in [3.05, 3.63) is 17.2 Å². The number of likely N-dealkylation sites (tertiary alicyclic amines) is 1. The van der Waals surface area contributed by atoms with Gasteiger partial charge in [0.2, 0.25) is 5.91 Å². The molecule has 3 aliphatic rings. The molecule has 2 aromatic rings. The van der Waals surface area contributed by atoms with E-state index in [1.165, 1.54) is 0 Å². The van der Waals surface area contributed by atoms with Crippen LogP contribution in [0.3, 0.4) is 0 Å². The second kappa shape index (κ2) is 9.07. The van der Waals surface area contributed by atoms with Gasteiger partial charge in [-0.3, -0.25) is 4.79 Å². The van der Waals surface area contributed by atoms with Crippen LogP contribution in [0.5, 0.6) is 0 Å². The Balaban J connectivity index is 1.26. The summed E-state index contributed by atoms with van der Waals surface area (Å²) in [6, 6.07) is 4.62. The van der Waals surface area contributed by atoms with Crippen molar-refractivity contribution < 1.29 is 4.79 Å². The first-order valence-electron chi connectivity index (χ1n) is 12.1. The number of imidazole rings is 1. The fraction of sp³-hybridized carbons (Fsp3) is 0.667. The summed E-state index contributed by atoms with van der Waals surface area (Å²) in [5.74, 6) is 0.354. The molecular weight excluding hydrogens is 442 g/mol. The highest BCUT2D eigenvalue weighted by Gasteiger charge is 2.37. The van der Waals surface area contributed by atoms with Crippen molar-refractivity contribution in [3.63, 3.8) is 0 Å². The number of benzene rings is 1. The molecule has 0 unspecified atom stereocenters. The molecule has 0 radical (unpaired) electrons. The second-order valence-corrected chi connectivity index (χ2v) is 11.7. The monoisotopic (exact) mass is 475 g/mol. The van der Waals surface area contributed by atoms with Gasteiger partial charge in [-0.05, 0) is 57.7 Å². The van der Waals surface area contributed by atoms with Crippen LogP contribution >= 0.6 is 23.4 Å². The maximum absolute atomic E-state index is 12.1. The summed E-state index contributed by atoms with van der Waals surface area (Å²) in [5.41, 5.74) is 3.10. The van der Waals surface area contributed by atoms with Gasteiger partial charge in [0.1, 0.15) is 0 Å². The molecular formula is C24H34ClN5OS. The highest BCUT2D eigenvalue weighted by Crippen LogP contribution is 2.44. The number of thioether (sulfide) groups is 1. The second-order valence-electron chi connectivity index (χ2n) is 9.76. The van der Waals surface area contributed by atoms with Gasteiger partial charge in [0.15, 0.2) is 5.16 Å². The number of nitrogens with one attached hydrogen (secondary N) is 1. The van der Waals surface area contributed by atoms with Crippen LogP contribution in [0.25, 0.3) is 11.0 Å². The summed E-state index contributed by atoms with van der Waals surface area (Å²) < 4.78 is 0.149. The molecule has 8 heteroatoms. The number of amides is 1. The normalized spacial score (nSPS) is 27.6. The van der Waals surface area contributed by atoms with E-state index in [4.69, 9.17) is 16.6 Å². The molecule has 2 aliphatic heterocycles. The fourth-order valence-electron chi connectivity index (χ4n) is 5.51. The van der Waals surface area contributed by atoms with Gasteiger partial charge in [0.05, 0.1) is 21.7 Å². The van der Waals surface area contributed by atoms with E-state index in [1.54, 1.807) is 0 Å². The van der Waals surface area contributed by atoms with Gasteiger partial charge in [0, 0.05) is 49.9 Å². The number of hydrogen-bond donors (Lipinski definition) is 1. The van der Waals surface area contributed by atoms with Crippen LogP contribution in [-0.2, 0) is 4.79 Å². The summed E-state index contributed by atoms with van der Waals surface area (Å²) in [5, 5.41) is 1.77. The molecule has 174 valence electrons. The lowest BCUT2D eigenvalue weighted by Gasteiger charge is -2.39. The molecule has 6 nitrogen and oxygen atoms in total. The molecule has 0 bridgehead atoms. The van der Waals surface area contributed by atoms with E-state index in [9.17, 15) is 4.79 Å². The third-order valence-corrected chi connectivity index (χ3v) is 9.19. The van der Waals surface area contributed by atoms with Crippen molar-refractivity contribution in [2.45, 2.75) is 68.3 Å². The zero-order valence-electron chi connectivity index (χ0n) is 19.2. The topological polar surface area (TPSA) is 55.5 Å². The largest absolute Gasteiger partial charge is 0.368 e. The van der Waals surface area contributed by atoms with Crippen molar-refractivity contribution in [1.29, 1.82) is 0 Å². The van der Waals surface area contributed by atoms with Crippen LogP contribution in [0.15, 0.2) is 17.3 Å². The molecule has 1 aromatic heterocycles. The third kappa shape index (κ3) is 4.48. The molecule has 1 N–H and O–H groups in total. The maximum Gasteiger partial charge on any atom is 0.222 e. The molecule has 5 rings (SSSR count). The number of halogens is 1. The highest BCUT2D eigenvalue weighted by atomic mass is 35.5. The smallest absolute Gasteiger partial charge is 0.222 e. The van der Waals surface area contributed by atoms with Crippen LogP contribution in [0.4, 0.5) is 5.69 Å². The molecule has 1 saturated carbocycles. The lowest BCUT2D eigenvalue weighted by Crippen LogP contribution is -2.46. The number of aromatic amines is 1. The number of aromatic nitrogens is 2. The van der Waals surface area contributed by atoms with E-state index >= 15 is 0 Å². The van der Waals surface area contributed by atoms with Gasteiger partial charge in [-0.15, -0.1) is 0 Å². The molecule has 3 heterocycles. The number of nitrogens with zero attached hydrogens (tertiary/aromatic N) is 4. The van der Waals surface area contributed by atoms with Crippen LogP contribution < -0.4 is 4.90 Å². The van der Waals surface area contributed by atoms with Crippen molar-refractivity contribution in [2.24, 2.45) is 0 Å². The van der Waals surface area contributed by atoms with Gasteiger partial charge in [-0.1, -0.05) is 30.3 Å². The average molecular weight is 476 g/mol. The van der Waals surface area contributed by atoms with Gasteiger partial charge in [0.25, 0.3) is 0 Å². The predicted octanol–water partition coefficient (Wildman–Crippen LogP) is 4.77. The summed E-state index contributed by atoms with van der Waals surface area (Å²) in [6.07, 6.45) is 6.16. The summed E-state index contributed by atoms with van der Waals surface area (Å²) >= 11 is 8.54. The van der Waals surface area contributed by atoms with E-state index < -0.39 is 0 Å². The number of rotatable bonds is 5. The third-order valence-electron chi connectivity index (χ3n) is 7.60. The van der Waals surface area contributed by atoms with Gasteiger partial charge >= 0.3 is 0 Å². The molecule has 2 saturated heterocycles. The molecule has 0 atom stereocenters. The molecule has 0 spiro atoms. The Bertz CT molecular complexity index is 978. The Morgan fingerprint density at radius 2 is 1.94 bits per heavy atom. The molecule has 1 amide bonds. The summed E-state index contributed by atoms with van der Waals surface area (Å²) in [6.45, 7) is 10.8. The standard InChI is InChI=1S/C24H34ClN5OS/c1-3-28-11-13-29(14-12-28)21-16-20-19(15-18(21)25)26-23(27-20)32-24(2)8-6-17(7-9-24)30-10-4-5-22(30)31/h15-17H,3-14H2,1-2H3,(H,26,27). The van der Waals surface area contributed by atoms with Crippen molar-refractivity contribution in [2.75, 3.05) is 44.2 Å². The van der Waals surface area contributed by atoms with Crippen LogP contribution in [0, 0.1) is 0 Å². The Labute approximate surface area is 200 Å². The van der Waals surface area contributed by atoms with E-state index in [0.717, 1.165) is 105 Å². The molecule has 3 fully saturated rings. The lowest BCUT2D eigenvalue weighted by molar-refractivity contribution is -0.130. The first-order valence-corrected chi connectivity index (χ1v) is 13.3. The van der Waals surface area contributed by atoms with Crippen molar-refractivity contribution >= 4 is 46.0 Å². The van der Waals surface area contributed by atoms with Crippen LogP contribution in [0.1, 0.15) is 52.4 Å². The number of carbonyl (C=O) groups is 1. The Morgan fingerprint density at radius 1 is 1.19 bits per heavy atom. The number of carbonyl (C=O) groups excluding carboxylic acids is 1. The zero-order valence-corrected chi connectivity index (χ0v) is 20.8. The van der Waals surface area contributed by atoms with Gasteiger partial charge in [-0.2, -0.15) is 0 Å². The van der Waals surface area contributed by atoms with E-state index in [-0.39, 0.29) is 4.75 Å². The lowest BCUT2D eigenvalue weighted by atomic mass is 9.86. The molecule has 1 aromatic carbocycles. The minimum atomic E-state index is 0.149. The predicted molar refractivity (Wildman–Crippen MR) is 133 cm³/mol. The van der Waals surface area contributed by atoms with E-state index in [0.29, 0.717) is 11.9 Å². The summed E-state index contributed by atoms with van der Waals surface area (Å²) in [4.78, 5) is 27.5. The summed E-state index contributed by atoms with van der Waals surface area (Å²) in [7, 11) is 0. The highest BCUT2D eigenvalue weighted by molar-refractivity contribution is 8.00. The minimum absolute atomic E-state index is 0.149. The zero-order chi connectivity index (χ0) is 22.3. The van der Waals surface area contributed by atoms with Crippen LogP contribution in [0.2, 0.25) is 5.02 Å². The number of H-pyrrole nitrogens is 1. The van der Waals surface area contributed by atoms with Crippen molar-refractivity contribution in [1.82, 2.24) is 19.8 Å². The first-order chi connectivity index (χ1) is 15.4. The number of fused-ring (bicyclic) bond motifs is 1. The van der Waals surface area contributed by atoms with E-state index in [1.807, 2.05) is 17.8 Å². The molecule has 32 heavy (non-hydrogen) atoms. The van der Waals surface area contributed by atoms with E-state index in [2.05, 4.69) is 39.6 Å². The van der Waals surface area contributed by atoms with Crippen LogP contribution in [-0.4, -0.2) is 75.7 Å². The number of hydrogen-bond acceptors (Lipinski definition) is 5. The first kappa shape index (κ1) is 22.4. The Morgan fingerprint density at radius 3 is 2.59 bits per heavy atom. The number of anilines is 1. The quantitative estimate of drug-likeness (QED) is 0.674. The Hall–Kier alpha value is -1.44. The SMILES string of the molecule is CCN1CCN(c2cc3nc(SC4(C)CCC(N5CCCC5=O)CC4)[nH]c3cc2Cl)CC1. The number of piperazine rings is 1. The minimum Gasteiger partial charge on any atom is -0.368 e.